The van der Waals surface area contributed by atoms with E-state index in [2.05, 4.69) is 11.8 Å². The minimum absolute atomic E-state index is 0.227. The van der Waals surface area contributed by atoms with E-state index in [1.807, 2.05) is 17.8 Å². The number of hydrogen-bond donors (Lipinski definition) is 1. The zero-order chi connectivity index (χ0) is 13.1. The summed E-state index contributed by atoms with van der Waals surface area (Å²) in [5, 5.41) is 10.3. The number of thioether (sulfide) groups is 1. The van der Waals surface area contributed by atoms with E-state index in [4.69, 9.17) is 0 Å². The van der Waals surface area contributed by atoms with Gasteiger partial charge in [0.25, 0.3) is 0 Å². The van der Waals surface area contributed by atoms with Crippen LogP contribution in [0.15, 0.2) is 18.2 Å². The van der Waals surface area contributed by atoms with Crippen molar-refractivity contribution in [2.75, 3.05) is 23.7 Å². The highest BCUT2D eigenvalue weighted by Crippen LogP contribution is 2.33. The van der Waals surface area contributed by atoms with E-state index in [9.17, 15) is 9.50 Å². The lowest BCUT2D eigenvalue weighted by Gasteiger charge is -2.35. The van der Waals surface area contributed by atoms with E-state index < -0.39 is 6.10 Å². The Balaban J connectivity index is 2.31. The van der Waals surface area contributed by atoms with E-state index in [-0.39, 0.29) is 5.82 Å². The lowest BCUT2D eigenvalue weighted by atomic mass is 10.1. The van der Waals surface area contributed by atoms with Crippen LogP contribution in [0.4, 0.5) is 10.1 Å². The molecule has 2 atom stereocenters. The predicted molar refractivity (Wildman–Crippen MR) is 75.8 cm³/mol. The normalized spacial score (nSPS) is 22.0. The average molecular weight is 269 g/mol. The Morgan fingerprint density at radius 1 is 1.56 bits per heavy atom. The Morgan fingerprint density at radius 3 is 3.00 bits per heavy atom. The number of anilines is 1. The Hall–Kier alpha value is -0.740. The number of aliphatic hydroxyl groups excluding tert-OH is 1. The highest BCUT2D eigenvalue weighted by atomic mass is 32.2. The van der Waals surface area contributed by atoms with Crippen LogP contribution < -0.4 is 4.90 Å². The van der Waals surface area contributed by atoms with Crippen LogP contribution in [-0.4, -0.2) is 29.2 Å². The number of rotatable bonds is 3. The van der Waals surface area contributed by atoms with Gasteiger partial charge in [-0.1, -0.05) is 19.1 Å². The molecule has 0 saturated carbocycles. The second-order valence-corrected chi connectivity index (χ2v) is 6.11. The van der Waals surface area contributed by atoms with Gasteiger partial charge in [0.05, 0.1) is 11.8 Å². The summed E-state index contributed by atoms with van der Waals surface area (Å²) in [6.45, 7) is 5.57. The summed E-state index contributed by atoms with van der Waals surface area (Å²) in [7, 11) is 0. The van der Waals surface area contributed by atoms with E-state index in [1.54, 1.807) is 13.0 Å². The van der Waals surface area contributed by atoms with Crippen LogP contribution in [0.1, 0.15) is 31.9 Å². The van der Waals surface area contributed by atoms with Gasteiger partial charge in [-0.25, -0.2) is 4.39 Å². The van der Waals surface area contributed by atoms with Crippen molar-refractivity contribution in [1.29, 1.82) is 0 Å². The largest absolute Gasteiger partial charge is 0.389 e. The molecule has 0 aliphatic carbocycles. The Labute approximate surface area is 112 Å². The highest BCUT2D eigenvalue weighted by Gasteiger charge is 2.24. The van der Waals surface area contributed by atoms with Gasteiger partial charge < -0.3 is 10.0 Å². The van der Waals surface area contributed by atoms with Crippen LogP contribution >= 0.6 is 11.8 Å². The van der Waals surface area contributed by atoms with Gasteiger partial charge in [0.15, 0.2) is 0 Å². The molecule has 1 aromatic rings. The van der Waals surface area contributed by atoms with Crippen LogP contribution in [0.25, 0.3) is 0 Å². The number of aliphatic hydroxyl groups is 1. The summed E-state index contributed by atoms with van der Waals surface area (Å²) in [6.07, 6.45) is 0.463. The molecule has 18 heavy (non-hydrogen) atoms. The Bertz CT molecular complexity index is 411. The Kier molecular flexibility index (Phi) is 4.51. The van der Waals surface area contributed by atoms with Gasteiger partial charge in [0.1, 0.15) is 5.82 Å². The third kappa shape index (κ3) is 2.81. The summed E-state index contributed by atoms with van der Waals surface area (Å²) in [4.78, 5) is 2.09. The maximum Gasteiger partial charge on any atom is 0.146 e. The molecule has 1 aromatic carbocycles. The monoisotopic (exact) mass is 269 g/mol. The van der Waals surface area contributed by atoms with E-state index >= 15 is 0 Å². The molecule has 100 valence electrons. The minimum atomic E-state index is -0.634. The SMILES string of the molecule is CCC1CN(c2c(F)cccc2[C@@H](C)O)CCS1. The molecule has 0 bridgehead atoms. The van der Waals surface area contributed by atoms with E-state index in [1.165, 1.54) is 6.07 Å². The fourth-order valence-corrected chi connectivity index (χ4v) is 3.55. The molecule has 1 fully saturated rings. The molecule has 1 aliphatic rings. The van der Waals surface area contributed by atoms with Crippen molar-refractivity contribution in [3.63, 3.8) is 0 Å². The van der Waals surface area contributed by atoms with Crippen LogP contribution in [0.3, 0.4) is 0 Å². The molecule has 0 spiro atoms. The van der Waals surface area contributed by atoms with Crippen LogP contribution in [-0.2, 0) is 0 Å². The second-order valence-electron chi connectivity index (χ2n) is 4.70. The topological polar surface area (TPSA) is 23.5 Å². The molecule has 0 radical (unpaired) electrons. The highest BCUT2D eigenvalue weighted by molar-refractivity contribution is 8.00. The number of halogens is 1. The standard InChI is InChI=1S/C14H20FNOS/c1-3-11-9-16(7-8-18-11)14-12(10(2)17)5-4-6-13(14)15/h4-6,10-11,17H,3,7-9H2,1-2H3/t10-,11?/m1/s1. The fraction of sp³-hybridized carbons (Fsp3) is 0.571. The van der Waals surface area contributed by atoms with Gasteiger partial charge in [-0.05, 0) is 19.4 Å². The van der Waals surface area contributed by atoms with Crippen molar-refractivity contribution in [3.05, 3.63) is 29.6 Å². The number of nitrogens with zero attached hydrogens (tertiary/aromatic N) is 1. The number of hydrogen-bond acceptors (Lipinski definition) is 3. The first kappa shape index (κ1) is 13.7. The molecule has 1 heterocycles. The summed E-state index contributed by atoms with van der Waals surface area (Å²) >= 11 is 1.96. The van der Waals surface area contributed by atoms with Crippen molar-refractivity contribution >= 4 is 17.4 Å². The summed E-state index contributed by atoms with van der Waals surface area (Å²) in [5.74, 6) is 0.793. The third-order valence-electron chi connectivity index (χ3n) is 3.38. The average Bonchev–Trinajstić information content (AvgIpc) is 2.38. The van der Waals surface area contributed by atoms with Gasteiger partial charge in [-0.2, -0.15) is 11.8 Å². The van der Waals surface area contributed by atoms with E-state index in [0.717, 1.165) is 25.3 Å². The van der Waals surface area contributed by atoms with Gasteiger partial charge >= 0.3 is 0 Å². The van der Waals surface area contributed by atoms with Gasteiger partial charge in [0, 0.05) is 29.7 Å². The molecule has 4 heteroatoms. The van der Waals surface area contributed by atoms with Gasteiger partial charge in [0.2, 0.25) is 0 Å². The molecule has 2 nitrogen and oxygen atoms in total. The fourth-order valence-electron chi connectivity index (χ4n) is 2.37. The summed E-state index contributed by atoms with van der Waals surface area (Å²) < 4.78 is 14.1. The molecule has 0 amide bonds. The smallest absolute Gasteiger partial charge is 0.146 e. The van der Waals surface area contributed by atoms with Crippen LogP contribution in [0.2, 0.25) is 0 Å². The van der Waals surface area contributed by atoms with Gasteiger partial charge in [-0.15, -0.1) is 0 Å². The first-order valence-corrected chi connectivity index (χ1v) is 7.51. The van der Waals surface area contributed by atoms with Crippen LogP contribution in [0, 0.1) is 5.82 Å². The van der Waals surface area contributed by atoms with Gasteiger partial charge in [-0.3, -0.25) is 0 Å². The molecule has 0 aromatic heterocycles. The lowest BCUT2D eigenvalue weighted by Crippen LogP contribution is -2.38. The lowest BCUT2D eigenvalue weighted by molar-refractivity contribution is 0.199. The maximum absolute atomic E-state index is 14.1. The summed E-state index contributed by atoms with van der Waals surface area (Å²) in [6, 6.07) is 4.95. The van der Waals surface area contributed by atoms with Crippen molar-refractivity contribution in [2.24, 2.45) is 0 Å². The third-order valence-corrected chi connectivity index (χ3v) is 4.75. The molecule has 1 unspecified atom stereocenters. The molecule has 2 rings (SSSR count). The number of para-hydroxylation sites is 1. The van der Waals surface area contributed by atoms with Crippen molar-refractivity contribution in [1.82, 2.24) is 0 Å². The molecule has 1 N–H and O–H groups in total. The quantitative estimate of drug-likeness (QED) is 0.911. The van der Waals surface area contributed by atoms with Crippen molar-refractivity contribution < 1.29 is 9.50 Å². The van der Waals surface area contributed by atoms with Crippen molar-refractivity contribution in [2.45, 2.75) is 31.6 Å². The van der Waals surface area contributed by atoms with Crippen molar-refractivity contribution in [3.8, 4) is 0 Å². The summed E-state index contributed by atoms with van der Waals surface area (Å²) in [5.41, 5.74) is 1.28. The minimum Gasteiger partial charge on any atom is -0.389 e. The first-order valence-electron chi connectivity index (χ1n) is 6.46. The van der Waals surface area contributed by atoms with Crippen LogP contribution in [0.5, 0.6) is 0 Å². The molecular formula is C14H20FNOS. The molecule has 1 aliphatic heterocycles. The number of benzene rings is 1. The Morgan fingerprint density at radius 2 is 2.33 bits per heavy atom. The predicted octanol–water partition coefficient (Wildman–Crippen LogP) is 3.21. The van der Waals surface area contributed by atoms with E-state index in [0.29, 0.717) is 16.5 Å². The second kappa shape index (κ2) is 5.93. The molecule has 1 saturated heterocycles. The zero-order valence-electron chi connectivity index (χ0n) is 10.9. The first-order chi connectivity index (χ1) is 8.63. The zero-order valence-corrected chi connectivity index (χ0v) is 11.7. The maximum atomic E-state index is 14.1. The molecular weight excluding hydrogens is 249 g/mol.